The van der Waals surface area contributed by atoms with Gasteiger partial charge in [0, 0.05) is 35.6 Å². The van der Waals surface area contributed by atoms with Crippen molar-refractivity contribution in [1.29, 1.82) is 0 Å². The van der Waals surface area contributed by atoms with E-state index >= 15 is 0 Å². The van der Waals surface area contributed by atoms with Crippen LogP contribution in [-0.4, -0.2) is 39.2 Å². The Morgan fingerprint density at radius 1 is 1.14 bits per heavy atom. The molecule has 178 valence electrons. The second kappa shape index (κ2) is 9.22. The first-order valence-electron chi connectivity index (χ1n) is 11.8. The number of benzene rings is 1. The van der Waals surface area contributed by atoms with Gasteiger partial charge in [0.25, 0.3) is 5.91 Å². The number of ether oxygens (including phenoxy) is 1. The fourth-order valence-electron chi connectivity index (χ4n) is 4.69. The molecule has 9 heteroatoms. The molecule has 1 aromatic carbocycles. The van der Waals surface area contributed by atoms with Crippen molar-refractivity contribution < 1.29 is 13.7 Å². The van der Waals surface area contributed by atoms with E-state index in [-0.39, 0.29) is 12.5 Å². The number of amides is 1. The van der Waals surface area contributed by atoms with Gasteiger partial charge in [-0.05, 0) is 65.5 Å². The molecule has 0 bridgehead atoms. The van der Waals surface area contributed by atoms with Crippen LogP contribution in [0.15, 0.2) is 59.9 Å². The number of hydrogen-bond acceptors (Lipinski definition) is 6. The van der Waals surface area contributed by atoms with Gasteiger partial charge in [0.2, 0.25) is 0 Å². The molecule has 36 heavy (non-hydrogen) atoms. The fraction of sp³-hybridized carbons (Fsp3) is 0.259. The number of anilines is 1. The molecule has 4 aromatic rings. The van der Waals surface area contributed by atoms with Gasteiger partial charge in [-0.15, -0.1) is 0 Å². The van der Waals surface area contributed by atoms with Gasteiger partial charge in [0.05, 0.1) is 47.3 Å². The zero-order valence-electron chi connectivity index (χ0n) is 19.8. The van der Waals surface area contributed by atoms with E-state index in [4.69, 9.17) is 12.6 Å². The molecular weight excluding hydrogens is 471 g/mol. The molecule has 1 aliphatic carbocycles. The van der Waals surface area contributed by atoms with Crippen LogP contribution in [0.2, 0.25) is 0 Å². The number of aromatic nitrogens is 3. The molecule has 0 N–H and O–H groups in total. The lowest BCUT2D eigenvalue weighted by Crippen LogP contribution is -2.31. The maximum Gasteiger partial charge on any atom is 0.260 e. The van der Waals surface area contributed by atoms with Crippen LogP contribution in [0.3, 0.4) is 0 Å². The van der Waals surface area contributed by atoms with Gasteiger partial charge in [-0.1, -0.05) is 12.1 Å². The van der Waals surface area contributed by atoms with Gasteiger partial charge < -0.3 is 9.64 Å². The highest BCUT2D eigenvalue weighted by molar-refractivity contribution is 7.84. The minimum Gasteiger partial charge on any atom is -0.372 e. The van der Waals surface area contributed by atoms with Crippen LogP contribution in [-0.2, 0) is 35.3 Å². The zero-order chi connectivity index (χ0) is 24.8. The van der Waals surface area contributed by atoms with Crippen LogP contribution in [0.5, 0.6) is 0 Å². The summed E-state index contributed by atoms with van der Waals surface area (Å²) in [5.74, 6) is 0.265. The van der Waals surface area contributed by atoms with Crippen LogP contribution in [0.4, 0.5) is 5.69 Å². The number of fused-ring (bicyclic) bond motifs is 3. The van der Waals surface area contributed by atoms with Crippen molar-refractivity contribution in [3.8, 4) is 0 Å². The van der Waals surface area contributed by atoms with E-state index in [1.165, 1.54) is 0 Å². The molecule has 0 saturated heterocycles. The normalized spacial score (nSPS) is 15.6. The molecule has 3 aromatic heterocycles. The number of nitrogens with zero attached hydrogens (tertiary/aromatic N) is 4. The van der Waals surface area contributed by atoms with Crippen molar-refractivity contribution in [1.82, 2.24) is 15.0 Å². The van der Waals surface area contributed by atoms with Crippen LogP contribution in [0.1, 0.15) is 51.5 Å². The van der Waals surface area contributed by atoms with Gasteiger partial charge in [-0.2, -0.15) is 0 Å². The quantitative estimate of drug-likeness (QED) is 0.383. The highest BCUT2D eigenvalue weighted by Crippen LogP contribution is 2.39. The van der Waals surface area contributed by atoms with E-state index < -0.39 is 10.8 Å². The Kier molecular flexibility index (Phi) is 5.89. The smallest absolute Gasteiger partial charge is 0.260 e. The lowest BCUT2D eigenvalue weighted by atomic mass is 9.92. The zero-order valence-corrected chi connectivity index (χ0v) is 20.6. The molecule has 0 spiro atoms. The lowest BCUT2D eigenvalue weighted by molar-refractivity contribution is 0.0984. The summed E-state index contributed by atoms with van der Waals surface area (Å²) in [6, 6.07) is 13.2. The van der Waals surface area contributed by atoms with Gasteiger partial charge in [-0.25, -0.2) is 4.98 Å². The van der Waals surface area contributed by atoms with Gasteiger partial charge in [-0.3, -0.25) is 19.0 Å². The van der Waals surface area contributed by atoms with Crippen molar-refractivity contribution in [2.45, 2.75) is 43.5 Å². The topological polar surface area (TPSA) is 85.3 Å². The molecule has 1 amide bonds. The molecule has 4 heterocycles. The summed E-state index contributed by atoms with van der Waals surface area (Å²) < 4.78 is 18.1. The lowest BCUT2D eigenvalue weighted by Gasteiger charge is -2.24. The largest absolute Gasteiger partial charge is 0.372 e. The minimum absolute atomic E-state index is 0.237. The summed E-state index contributed by atoms with van der Waals surface area (Å²) in [5.41, 5.74) is 6.08. The monoisotopic (exact) mass is 494 g/mol. The first-order chi connectivity index (χ1) is 17.5. The van der Waals surface area contributed by atoms with Crippen LogP contribution in [0.25, 0.3) is 10.9 Å². The Hall–Kier alpha value is -3.43. The summed E-state index contributed by atoms with van der Waals surface area (Å²) in [6.07, 6.45) is 7.06. The summed E-state index contributed by atoms with van der Waals surface area (Å²) in [6.45, 7) is 1.22. The molecule has 2 radical (unpaired) electrons. The standard InChI is InChI=1S/C27H23BN4O3S/c1-36(34)26-24(3-2-10-29-26)32(27(33)18-7-9-22(30-12-18)17-5-6-17)13-16-4-8-19-20-14-35-15-21(20)25(28)31-23(19)11-16/h2-4,7-12,17H,5-6,13-15H2,1H3. The van der Waals surface area contributed by atoms with Crippen molar-refractivity contribution in [3.63, 3.8) is 0 Å². The third-order valence-electron chi connectivity index (χ3n) is 6.72. The van der Waals surface area contributed by atoms with Gasteiger partial charge >= 0.3 is 0 Å². The van der Waals surface area contributed by atoms with Crippen LogP contribution < -0.4 is 10.5 Å². The van der Waals surface area contributed by atoms with Gasteiger partial charge in [0.1, 0.15) is 7.85 Å². The summed E-state index contributed by atoms with van der Waals surface area (Å²) >= 11 is 0. The van der Waals surface area contributed by atoms with Crippen molar-refractivity contribution in [2.75, 3.05) is 11.2 Å². The van der Waals surface area contributed by atoms with Crippen LogP contribution >= 0.6 is 0 Å². The Labute approximate surface area is 212 Å². The van der Waals surface area contributed by atoms with E-state index in [9.17, 15) is 9.00 Å². The van der Waals surface area contributed by atoms with E-state index in [0.717, 1.165) is 46.1 Å². The summed E-state index contributed by atoms with van der Waals surface area (Å²) in [7, 11) is 4.81. The predicted octanol–water partition coefficient (Wildman–Crippen LogP) is 3.31. The first-order valence-corrected chi connectivity index (χ1v) is 13.4. The molecule has 2 aliphatic rings. The number of hydrogen-bond donors (Lipinski definition) is 0. The number of pyridine rings is 3. The molecule has 1 aliphatic heterocycles. The molecule has 1 saturated carbocycles. The molecule has 1 unspecified atom stereocenters. The van der Waals surface area contributed by atoms with E-state index in [0.29, 0.717) is 41.0 Å². The number of carbonyl (C=O) groups excluding carboxylic acids is 1. The van der Waals surface area contributed by atoms with Crippen molar-refractivity contribution >= 4 is 46.7 Å². The molecule has 1 fully saturated rings. The highest BCUT2D eigenvalue weighted by atomic mass is 32.2. The summed E-state index contributed by atoms with van der Waals surface area (Å²) in [4.78, 5) is 28.8. The Morgan fingerprint density at radius 3 is 2.72 bits per heavy atom. The molecule has 6 rings (SSSR count). The third-order valence-corrected chi connectivity index (χ3v) is 7.58. The Balaban J connectivity index is 1.40. The molecular formula is C27H23BN4O3S. The highest BCUT2D eigenvalue weighted by Gasteiger charge is 2.27. The maximum atomic E-state index is 13.8. The van der Waals surface area contributed by atoms with Crippen LogP contribution in [0, 0.1) is 0 Å². The maximum absolute atomic E-state index is 13.8. The average Bonchev–Trinajstić information content (AvgIpc) is 3.62. The number of rotatable bonds is 6. The second-order valence-electron chi connectivity index (χ2n) is 9.22. The second-order valence-corrected chi connectivity index (χ2v) is 10.5. The minimum atomic E-state index is -1.38. The van der Waals surface area contributed by atoms with E-state index in [2.05, 4.69) is 15.0 Å². The first kappa shape index (κ1) is 23.0. The number of carbonyl (C=O) groups is 1. The van der Waals surface area contributed by atoms with E-state index in [1.807, 2.05) is 30.3 Å². The summed E-state index contributed by atoms with van der Waals surface area (Å²) in [5, 5.41) is 1.35. The third kappa shape index (κ3) is 4.22. The Bertz CT molecular complexity index is 1520. The van der Waals surface area contributed by atoms with Crippen molar-refractivity contribution in [3.05, 3.63) is 82.8 Å². The van der Waals surface area contributed by atoms with Crippen molar-refractivity contribution in [2.24, 2.45) is 0 Å². The Morgan fingerprint density at radius 2 is 1.97 bits per heavy atom. The fourth-order valence-corrected chi connectivity index (χ4v) is 5.37. The van der Waals surface area contributed by atoms with E-state index in [1.54, 1.807) is 35.7 Å². The molecule has 7 nitrogen and oxygen atoms in total. The average molecular weight is 494 g/mol. The molecule has 1 atom stereocenters. The SMILES string of the molecule is [B]c1nc2cc(CN(C(=O)c3ccc(C4CC4)nc3)c3cccnc3S(C)=O)ccc2c2c1COC2. The predicted molar refractivity (Wildman–Crippen MR) is 139 cm³/mol. The van der Waals surface area contributed by atoms with Gasteiger partial charge in [0.15, 0.2) is 5.03 Å².